The molecule has 5 heteroatoms. The summed E-state index contributed by atoms with van der Waals surface area (Å²) in [5.41, 5.74) is 0. The number of aliphatic hydroxyl groups excluding tert-OH is 1. The minimum atomic E-state index is 0.0336. The Balaban J connectivity index is 2.53. The highest BCUT2D eigenvalue weighted by Crippen LogP contribution is 2.24. The first-order chi connectivity index (χ1) is 8.72. The standard InChI is InChI=1S/C13H21NO2S2/c1-3-11(4-2)14(7-8-15)12(16)10-18-13-6-5-9-17-13/h5-6,9,11,15H,3-4,7-8,10H2,1-2H3. The number of carbonyl (C=O) groups is 1. The highest BCUT2D eigenvalue weighted by Gasteiger charge is 2.20. The number of aliphatic hydroxyl groups is 1. The van der Waals surface area contributed by atoms with E-state index in [1.165, 1.54) is 0 Å². The Morgan fingerprint density at radius 2 is 2.22 bits per heavy atom. The molecule has 0 aliphatic rings. The van der Waals surface area contributed by atoms with Gasteiger partial charge < -0.3 is 10.0 Å². The highest BCUT2D eigenvalue weighted by molar-refractivity contribution is 8.01. The molecule has 1 aromatic heterocycles. The maximum Gasteiger partial charge on any atom is 0.233 e. The number of amides is 1. The first kappa shape index (κ1) is 15.5. The number of carbonyl (C=O) groups excluding carboxylic acids is 1. The summed E-state index contributed by atoms with van der Waals surface area (Å²) in [6.45, 7) is 4.64. The van der Waals surface area contributed by atoms with E-state index in [0.29, 0.717) is 12.3 Å². The summed E-state index contributed by atoms with van der Waals surface area (Å²) in [6, 6.07) is 4.26. The predicted octanol–water partition coefficient (Wildman–Crippen LogP) is 2.85. The van der Waals surface area contributed by atoms with Crippen LogP contribution in [0.5, 0.6) is 0 Å². The maximum absolute atomic E-state index is 12.2. The SMILES string of the molecule is CCC(CC)N(CCO)C(=O)CSc1cccs1. The first-order valence-corrected chi connectivity index (χ1v) is 8.16. The van der Waals surface area contributed by atoms with Crippen LogP contribution in [0.2, 0.25) is 0 Å². The largest absolute Gasteiger partial charge is 0.395 e. The van der Waals surface area contributed by atoms with E-state index in [-0.39, 0.29) is 18.6 Å². The van der Waals surface area contributed by atoms with Gasteiger partial charge in [0.25, 0.3) is 0 Å². The summed E-state index contributed by atoms with van der Waals surface area (Å²) in [4.78, 5) is 14.0. The fourth-order valence-corrected chi connectivity index (χ4v) is 3.58. The lowest BCUT2D eigenvalue weighted by molar-refractivity contribution is -0.131. The van der Waals surface area contributed by atoms with Crippen molar-refractivity contribution >= 4 is 29.0 Å². The molecule has 0 aliphatic carbocycles. The average molecular weight is 287 g/mol. The van der Waals surface area contributed by atoms with Gasteiger partial charge in [0.15, 0.2) is 0 Å². The Morgan fingerprint density at radius 3 is 2.72 bits per heavy atom. The van der Waals surface area contributed by atoms with Gasteiger partial charge in [-0.3, -0.25) is 4.79 Å². The zero-order chi connectivity index (χ0) is 13.4. The minimum Gasteiger partial charge on any atom is -0.395 e. The van der Waals surface area contributed by atoms with Gasteiger partial charge in [-0.25, -0.2) is 0 Å². The Bertz CT molecular complexity index is 337. The molecule has 18 heavy (non-hydrogen) atoms. The van der Waals surface area contributed by atoms with Gasteiger partial charge in [-0.15, -0.1) is 23.1 Å². The number of thioether (sulfide) groups is 1. The molecule has 1 N–H and O–H groups in total. The topological polar surface area (TPSA) is 40.5 Å². The van der Waals surface area contributed by atoms with Gasteiger partial charge in [0, 0.05) is 12.6 Å². The van der Waals surface area contributed by atoms with Gasteiger partial charge in [-0.2, -0.15) is 0 Å². The Kier molecular flexibility index (Phi) is 7.39. The number of hydrogen-bond donors (Lipinski definition) is 1. The van der Waals surface area contributed by atoms with E-state index in [1.807, 2.05) is 22.4 Å². The third kappa shape index (κ3) is 4.63. The van der Waals surface area contributed by atoms with Crippen LogP contribution in [0, 0.1) is 0 Å². The van der Waals surface area contributed by atoms with Gasteiger partial charge in [-0.1, -0.05) is 19.9 Å². The molecule has 0 saturated carbocycles. The molecule has 0 radical (unpaired) electrons. The molecule has 0 aliphatic heterocycles. The fraction of sp³-hybridized carbons (Fsp3) is 0.615. The van der Waals surface area contributed by atoms with Crippen LogP contribution in [0.25, 0.3) is 0 Å². The molecular weight excluding hydrogens is 266 g/mol. The molecule has 0 aromatic carbocycles. The van der Waals surface area contributed by atoms with Crippen LogP contribution in [-0.4, -0.2) is 40.9 Å². The Labute approximate surface area is 117 Å². The van der Waals surface area contributed by atoms with Crippen LogP contribution in [0.3, 0.4) is 0 Å². The van der Waals surface area contributed by atoms with Gasteiger partial charge in [0.1, 0.15) is 0 Å². The van der Waals surface area contributed by atoms with Crippen LogP contribution in [-0.2, 0) is 4.79 Å². The minimum absolute atomic E-state index is 0.0336. The molecule has 0 atom stereocenters. The fourth-order valence-electron chi connectivity index (χ4n) is 1.91. The summed E-state index contributed by atoms with van der Waals surface area (Å²) >= 11 is 3.23. The lowest BCUT2D eigenvalue weighted by Gasteiger charge is -2.29. The van der Waals surface area contributed by atoms with Crippen LogP contribution >= 0.6 is 23.1 Å². The van der Waals surface area contributed by atoms with E-state index < -0.39 is 0 Å². The smallest absolute Gasteiger partial charge is 0.233 e. The first-order valence-electron chi connectivity index (χ1n) is 6.29. The molecule has 1 rings (SSSR count). The molecule has 0 unspecified atom stereocenters. The summed E-state index contributed by atoms with van der Waals surface area (Å²) in [6.07, 6.45) is 1.87. The summed E-state index contributed by atoms with van der Waals surface area (Å²) in [5.74, 6) is 0.577. The van der Waals surface area contributed by atoms with Crippen molar-refractivity contribution in [1.29, 1.82) is 0 Å². The molecule has 102 valence electrons. The van der Waals surface area contributed by atoms with Gasteiger partial charge in [-0.05, 0) is 24.3 Å². The van der Waals surface area contributed by atoms with Crippen LogP contribution in [0.4, 0.5) is 0 Å². The highest BCUT2D eigenvalue weighted by atomic mass is 32.2. The van der Waals surface area contributed by atoms with Crippen molar-refractivity contribution < 1.29 is 9.90 Å². The summed E-state index contributed by atoms with van der Waals surface area (Å²) < 4.78 is 1.16. The van der Waals surface area contributed by atoms with Crippen molar-refractivity contribution in [3.05, 3.63) is 17.5 Å². The molecule has 3 nitrogen and oxygen atoms in total. The normalized spacial score (nSPS) is 10.9. The lowest BCUT2D eigenvalue weighted by atomic mass is 10.1. The third-order valence-corrected chi connectivity index (χ3v) is 4.99. The average Bonchev–Trinajstić information content (AvgIpc) is 2.89. The summed E-state index contributed by atoms with van der Waals surface area (Å²) in [5, 5.41) is 11.1. The maximum atomic E-state index is 12.2. The number of thiophene rings is 1. The van der Waals surface area contributed by atoms with Crippen LogP contribution in [0.1, 0.15) is 26.7 Å². The zero-order valence-corrected chi connectivity index (χ0v) is 12.6. The molecule has 0 spiro atoms. The second-order valence-corrected chi connectivity index (χ2v) is 6.23. The number of rotatable bonds is 8. The van der Waals surface area contributed by atoms with Gasteiger partial charge >= 0.3 is 0 Å². The lowest BCUT2D eigenvalue weighted by Crippen LogP contribution is -2.42. The van der Waals surface area contributed by atoms with Gasteiger partial charge in [0.2, 0.25) is 5.91 Å². The molecule has 1 heterocycles. The second kappa shape index (κ2) is 8.56. The van der Waals surface area contributed by atoms with Crippen molar-refractivity contribution in [2.45, 2.75) is 36.9 Å². The quantitative estimate of drug-likeness (QED) is 0.747. The molecular formula is C13H21NO2S2. The van der Waals surface area contributed by atoms with Gasteiger partial charge in [0.05, 0.1) is 16.6 Å². The number of nitrogens with zero attached hydrogens (tertiary/aromatic N) is 1. The monoisotopic (exact) mass is 287 g/mol. The van der Waals surface area contributed by atoms with E-state index in [4.69, 9.17) is 5.11 Å². The van der Waals surface area contributed by atoms with E-state index in [1.54, 1.807) is 23.1 Å². The third-order valence-electron chi connectivity index (χ3n) is 2.88. The van der Waals surface area contributed by atoms with Crippen molar-refractivity contribution in [3.63, 3.8) is 0 Å². The van der Waals surface area contributed by atoms with Crippen molar-refractivity contribution in [2.75, 3.05) is 18.9 Å². The van der Waals surface area contributed by atoms with Crippen molar-refractivity contribution in [2.24, 2.45) is 0 Å². The molecule has 0 saturated heterocycles. The molecule has 1 aromatic rings. The van der Waals surface area contributed by atoms with Crippen LogP contribution < -0.4 is 0 Å². The number of hydrogen-bond acceptors (Lipinski definition) is 4. The van der Waals surface area contributed by atoms with E-state index in [2.05, 4.69) is 13.8 Å². The van der Waals surface area contributed by atoms with E-state index in [0.717, 1.165) is 17.1 Å². The second-order valence-electron chi connectivity index (χ2n) is 4.00. The molecule has 1 amide bonds. The molecule has 0 bridgehead atoms. The van der Waals surface area contributed by atoms with E-state index in [9.17, 15) is 4.79 Å². The van der Waals surface area contributed by atoms with E-state index >= 15 is 0 Å². The van der Waals surface area contributed by atoms with Crippen molar-refractivity contribution in [3.8, 4) is 0 Å². The zero-order valence-electron chi connectivity index (χ0n) is 11.0. The molecule has 0 fully saturated rings. The predicted molar refractivity (Wildman–Crippen MR) is 78.2 cm³/mol. The Morgan fingerprint density at radius 1 is 1.50 bits per heavy atom. The van der Waals surface area contributed by atoms with Crippen LogP contribution in [0.15, 0.2) is 21.7 Å². The van der Waals surface area contributed by atoms with Crippen molar-refractivity contribution in [1.82, 2.24) is 4.90 Å². The summed E-state index contributed by atoms with van der Waals surface area (Å²) in [7, 11) is 0. The Hall–Kier alpha value is -0.520.